The van der Waals surface area contributed by atoms with Crippen molar-refractivity contribution in [1.29, 1.82) is 0 Å². The number of allylic oxidation sites excluding steroid dienone is 1. The Labute approximate surface area is 208 Å². The number of halogens is 13. The van der Waals surface area contributed by atoms with Crippen LogP contribution in [-0.4, -0.2) is 61.6 Å². The van der Waals surface area contributed by atoms with Gasteiger partial charge in [0, 0.05) is 0 Å². The molecule has 0 fully saturated rings. The maximum absolute atomic E-state index is 14.5. The summed E-state index contributed by atoms with van der Waals surface area (Å²) in [6.07, 6.45) is -8.43. The van der Waals surface area contributed by atoms with E-state index in [2.05, 4.69) is 0 Å². The van der Waals surface area contributed by atoms with Gasteiger partial charge in [-0.05, 0) is 0 Å². The van der Waals surface area contributed by atoms with Crippen LogP contribution in [-0.2, 0) is 0 Å². The van der Waals surface area contributed by atoms with Gasteiger partial charge in [-0.2, -0.15) is 0 Å². The quantitative estimate of drug-likeness (QED) is 0.129. The molecule has 2 rings (SSSR count). The number of non-ortho nitro benzene ring substituents is 1. The molecule has 0 spiro atoms. The second-order valence-electron chi connectivity index (χ2n) is 7.15. The number of rotatable bonds is 9. The Morgan fingerprint density at radius 2 is 1.14 bits per heavy atom. The van der Waals surface area contributed by atoms with Gasteiger partial charge >= 0.3 is 208 Å². The molecule has 0 atom stereocenters. The van der Waals surface area contributed by atoms with Crippen molar-refractivity contribution in [1.82, 2.24) is 0 Å². The molecule has 37 heavy (non-hydrogen) atoms. The van der Waals surface area contributed by atoms with E-state index >= 15 is 0 Å². The van der Waals surface area contributed by atoms with Gasteiger partial charge in [-0.15, -0.1) is 0 Å². The van der Waals surface area contributed by atoms with Crippen LogP contribution < -0.4 is 3.61 Å². The molecule has 0 saturated carbocycles. The Morgan fingerprint density at radius 1 is 0.676 bits per heavy atom. The number of nitro benzene ring substituents is 1. The molecular formula is C20H10F13NO2Te. The number of nitro groups is 1. The Bertz CT molecular complexity index is 1150. The van der Waals surface area contributed by atoms with Gasteiger partial charge in [0.05, 0.1) is 0 Å². The molecule has 204 valence electrons. The fraction of sp³-hybridized carbons (Fsp3) is 0.300. The van der Waals surface area contributed by atoms with E-state index in [1.807, 2.05) is 0 Å². The first-order valence-electron chi connectivity index (χ1n) is 9.26. The van der Waals surface area contributed by atoms with Crippen molar-refractivity contribution in [3.05, 3.63) is 76.4 Å². The molecule has 0 radical (unpaired) electrons. The van der Waals surface area contributed by atoms with E-state index in [0.29, 0.717) is 12.1 Å². The summed E-state index contributed by atoms with van der Waals surface area (Å²) in [5, 5.41) is 10.8. The summed E-state index contributed by atoms with van der Waals surface area (Å²) in [4.78, 5) is 9.84. The van der Waals surface area contributed by atoms with Gasteiger partial charge in [0.25, 0.3) is 0 Å². The number of nitrogens with zero attached hydrogens (tertiary/aromatic N) is 1. The van der Waals surface area contributed by atoms with E-state index < -0.39 is 82.6 Å². The fourth-order valence-corrected chi connectivity index (χ4v) is 5.45. The first-order chi connectivity index (χ1) is 16.6. The Hall–Kier alpha value is -2.54. The first-order valence-corrected chi connectivity index (χ1v) is 11.6. The average molecular weight is 671 g/mol. The zero-order valence-corrected chi connectivity index (χ0v) is 19.7. The van der Waals surface area contributed by atoms with E-state index in [1.165, 1.54) is 30.3 Å². The molecule has 3 nitrogen and oxygen atoms in total. The van der Waals surface area contributed by atoms with Crippen LogP contribution in [0.15, 0.2) is 60.7 Å². The van der Waals surface area contributed by atoms with Crippen molar-refractivity contribution < 1.29 is 62.0 Å². The molecule has 0 N–H and O–H groups in total. The number of hydrogen-bond acceptors (Lipinski definition) is 2. The summed E-state index contributed by atoms with van der Waals surface area (Å²) in [5.41, 5.74) is -1.09. The molecule has 17 heteroatoms. The standard InChI is InChI=1S/C20H10F13NO2Te/c21-15(22,16(23,24)17(25,26)18(27,28)19(29,30)20(31,32)33)10-14(37-13-4-2-1-3-5-13)11-6-8-12(9-7-11)34(35)36/h1-10H/b14-10+. The zero-order chi connectivity index (χ0) is 28.7. The molecule has 0 aromatic heterocycles. The van der Waals surface area contributed by atoms with Gasteiger partial charge in [0.15, 0.2) is 0 Å². The van der Waals surface area contributed by atoms with Crippen molar-refractivity contribution in [2.24, 2.45) is 0 Å². The monoisotopic (exact) mass is 673 g/mol. The van der Waals surface area contributed by atoms with Gasteiger partial charge in [0.2, 0.25) is 0 Å². The second-order valence-corrected chi connectivity index (χ2v) is 10.3. The van der Waals surface area contributed by atoms with Crippen LogP contribution in [0.5, 0.6) is 0 Å². The molecular weight excluding hydrogens is 661 g/mol. The Kier molecular flexibility index (Phi) is 8.27. The summed E-state index contributed by atoms with van der Waals surface area (Å²) in [6.45, 7) is 0. The van der Waals surface area contributed by atoms with Gasteiger partial charge in [-0.1, -0.05) is 0 Å². The van der Waals surface area contributed by atoms with Crippen molar-refractivity contribution >= 4 is 33.8 Å². The molecule has 0 unspecified atom stereocenters. The van der Waals surface area contributed by atoms with Gasteiger partial charge in [-0.3, -0.25) is 0 Å². The zero-order valence-electron chi connectivity index (χ0n) is 17.4. The molecule has 0 saturated heterocycles. The molecule has 0 aliphatic carbocycles. The molecule has 0 heterocycles. The summed E-state index contributed by atoms with van der Waals surface area (Å²) in [5.74, 6) is -37.6. The van der Waals surface area contributed by atoms with E-state index in [9.17, 15) is 67.2 Å². The third-order valence-electron chi connectivity index (χ3n) is 4.60. The molecule has 0 aliphatic rings. The molecule has 0 bridgehead atoms. The van der Waals surface area contributed by atoms with Crippen LogP contribution in [0.4, 0.5) is 62.8 Å². The van der Waals surface area contributed by atoms with Crippen LogP contribution >= 0.6 is 0 Å². The average Bonchev–Trinajstić information content (AvgIpc) is 2.78. The van der Waals surface area contributed by atoms with Gasteiger partial charge < -0.3 is 0 Å². The summed E-state index contributed by atoms with van der Waals surface area (Å²) >= 11 is -2.27. The first kappa shape index (κ1) is 30.7. The van der Waals surface area contributed by atoms with Crippen LogP contribution in [0.2, 0.25) is 0 Å². The number of benzene rings is 2. The predicted molar refractivity (Wildman–Crippen MR) is 104 cm³/mol. The van der Waals surface area contributed by atoms with Crippen LogP contribution in [0.3, 0.4) is 0 Å². The van der Waals surface area contributed by atoms with Crippen LogP contribution in [0, 0.1) is 10.1 Å². The van der Waals surface area contributed by atoms with E-state index in [-0.39, 0.29) is 3.61 Å². The van der Waals surface area contributed by atoms with E-state index in [0.717, 1.165) is 12.1 Å². The van der Waals surface area contributed by atoms with E-state index in [1.54, 1.807) is 0 Å². The minimum atomic E-state index is -8.00. The molecule has 0 aliphatic heterocycles. The van der Waals surface area contributed by atoms with Crippen molar-refractivity contribution in [3.8, 4) is 0 Å². The van der Waals surface area contributed by atoms with Crippen LogP contribution in [0.25, 0.3) is 3.62 Å². The van der Waals surface area contributed by atoms with Crippen molar-refractivity contribution in [3.63, 3.8) is 0 Å². The number of alkyl halides is 13. The Morgan fingerprint density at radius 3 is 1.57 bits per heavy atom. The fourth-order valence-electron chi connectivity index (χ4n) is 2.57. The van der Waals surface area contributed by atoms with Crippen LogP contribution in [0.1, 0.15) is 5.56 Å². The normalized spacial score (nSPS) is 14.6. The van der Waals surface area contributed by atoms with Crippen molar-refractivity contribution in [2.45, 2.75) is 35.8 Å². The summed E-state index contributed by atoms with van der Waals surface area (Å²) in [7, 11) is 0. The minimum absolute atomic E-state index is 0.178. The SMILES string of the molecule is O=[N+]([O-])c1ccc(/C(=C\C(F)(F)C(F)(F)C(F)(F)C(F)(F)C(F)(F)C(F)(F)F)[Te]c2ccccc2)cc1. The Balaban J connectivity index is 2.67. The maximum atomic E-state index is 14.5. The van der Waals surface area contributed by atoms with Gasteiger partial charge in [-0.25, -0.2) is 0 Å². The molecule has 2 aromatic carbocycles. The summed E-state index contributed by atoms with van der Waals surface area (Å²) in [6, 6.07) is 9.64. The predicted octanol–water partition coefficient (Wildman–Crippen LogP) is 6.70. The number of hydrogen-bond donors (Lipinski definition) is 0. The molecule has 0 amide bonds. The third kappa shape index (κ3) is 5.52. The summed E-state index contributed by atoms with van der Waals surface area (Å²) < 4.78 is 174. The molecule has 2 aromatic rings. The van der Waals surface area contributed by atoms with E-state index in [4.69, 9.17) is 0 Å². The topological polar surface area (TPSA) is 43.1 Å². The second kappa shape index (κ2) is 9.97. The van der Waals surface area contributed by atoms with Gasteiger partial charge in [0.1, 0.15) is 0 Å². The third-order valence-corrected chi connectivity index (χ3v) is 7.69. The van der Waals surface area contributed by atoms with Crippen molar-refractivity contribution in [2.75, 3.05) is 0 Å².